The van der Waals surface area contributed by atoms with Gasteiger partial charge in [-0.2, -0.15) is 5.26 Å². The van der Waals surface area contributed by atoms with Crippen LogP contribution < -0.4 is 0 Å². The molecule has 3 saturated heterocycles. The van der Waals surface area contributed by atoms with E-state index in [9.17, 15) is 10.1 Å². The van der Waals surface area contributed by atoms with Crippen molar-refractivity contribution in [3.63, 3.8) is 0 Å². The van der Waals surface area contributed by atoms with Crippen LogP contribution in [-0.4, -0.2) is 46.4 Å². The molecule has 3 aliphatic heterocycles. The van der Waals surface area contributed by atoms with E-state index in [-0.39, 0.29) is 11.6 Å². The second-order valence-corrected chi connectivity index (χ2v) is 7.89. The lowest BCUT2D eigenvalue weighted by Gasteiger charge is -2.46. The summed E-state index contributed by atoms with van der Waals surface area (Å²) in [6, 6.07) is 2.40. The van der Waals surface area contributed by atoms with Crippen molar-refractivity contribution in [3.8, 4) is 6.07 Å². The summed E-state index contributed by atoms with van der Waals surface area (Å²) in [5, 5.41) is 9.34. The van der Waals surface area contributed by atoms with E-state index in [0.717, 1.165) is 37.1 Å². The number of amides is 1. The smallest absolute Gasteiger partial charge is 0.243 e. The van der Waals surface area contributed by atoms with Gasteiger partial charge in [-0.25, -0.2) is 0 Å². The van der Waals surface area contributed by atoms with Crippen molar-refractivity contribution in [2.45, 2.75) is 37.3 Å². The molecule has 118 valence electrons. The van der Waals surface area contributed by atoms with E-state index in [1.54, 1.807) is 6.20 Å². The molecule has 4 fully saturated rings. The monoisotopic (exact) mass is 308 g/mol. The van der Waals surface area contributed by atoms with Crippen LogP contribution >= 0.6 is 0 Å². The van der Waals surface area contributed by atoms with Gasteiger partial charge in [-0.05, 0) is 42.9 Å². The average Bonchev–Trinajstić information content (AvgIpc) is 3.08. The van der Waals surface area contributed by atoms with E-state index in [1.807, 2.05) is 6.20 Å². The van der Waals surface area contributed by atoms with E-state index in [4.69, 9.17) is 0 Å². The molecule has 1 amide bonds. The quantitative estimate of drug-likeness (QED) is 0.792. The summed E-state index contributed by atoms with van der Waals surface area (Å²) in [6.07, 6.45) is 5.56. The van der Waals surface area contributed by atoms with E-state index >= 15 is 0 Å². The Morgan fingerprint density at radius 3 is 2.83 bits per heavy atom. The van der Waals surface area contributed by atoms with Gasteiger partial charge in [-0.15, -0.1) is 0 Å². The molecular formula is C18H20N4O. The number of pyridine rings is 1. The predicted octanol–water partition coefficient (Wildman–Crippen LogP) is 1.66. The SMILES string of the molecule is C[C@H]1CN(C(=O)C23CC(CN2C)C3)[C@@H]2c3cncc(C#N)c3C21. The largest absolute Gasteiger partial charge is 0.333 e. The van der Waals surface area contributed by atoms with Gasteiger partial charge in [0.15, 0.2) is 0 Å². The Labute approximate surface area is 135 Å². The van der Waals surface area contributed by atoms with E-state index in [1.165, 1.54) is 0 Å². The van der Waals surface area contributed by atoms with Gasteiger partial charge in [0.25, 0.3) is 0 Å². The number of carbonyl (C=O) groups is 1. The molecule has 5 heteroatoms. The molecule has 2 aliphatic carbocycles. The Kier molecular flexibility index (Phi) is 2.42. The number of fused-ring (bicyclic) bond motifs is 5. The zero-order valence-corrected chi connectivity index (χ0v) is 13.5. The topological polar surface area (TPSA) is 60.2 Å². The fraction of sp³-hybridized carbons (Fsp3) is 0.611. The average molecular weight is 308 g/mol. The minimum atomic E-state index is -0.241. The highest BCUT2D eigenvalue weighted by atomic mass is 16.2. The molecule has 0 radical (unpaired) electrons. The van der Waals surface area contributed by atoms with Crippen molar-refractivity contribution in [2.24, 2.45) is 11.8 Å². The number of hydrogen-bond donors (Lipinski definition) is 0. The number of nitriles is 1. The van der Waals surface area contributed by atoms with Crippen LogP contribution in [0.4, 0.5) is 0 Å². The lowest BCUT2D eigenvalue weighted by atomic mass is 9.68. The van der Waals surface area contributed by atoms with Crippen LogP contribution in [0.25, 0.3) is 0 Å². The van der Waals surface area contributed by atoms with Crippen LogP contribution in [0.2, 0.25) is 0 Å². The molecule has 0 aromatic carbocycles. The number of likely N-dealkylation sites (tertiary alicyclic amines) is 1. The Balaban J connectivity index is 1.52. The van der Waals surface area contributed by atoms with Crippen molar-refractivity contribution >= 4 is 5.91 Å². The summed E-state index contributed by atoms with van der Waals surface area (Å²) >= 11 is 0. The van der Waals surface area contributed by atoms with Crippen LogP contribution in [0, 0.1) is 23.2 Å². The third-order valence-corrected chi connectivity index (χ3v) is 6.74. The predicted molar refractivity (Wildman–Crippen MR) is 83.4 cm³/mol. The van der Waals surface area contributed by atoms with E-state index in [0.29, 0.717) is 29.2 Å². The van der Waals surface area contributed by atoms with E-state index < -0.39 is 0 Å². The first-order valence-corrected chi connectivity index (χ1v) is 8.47. The molecule has 3 atom stereocenters. The van der Waals surface area contributed by atoms with Crippen molar-refractivity contribution in [1.29, 1.82) is 5.26 Å². The summed E-state index contributed by atoms with van der Waals surface area (Å²) in [5.74, 6) is 1.73. The fourth-order valence-electron chi connectivity index (χ4n) is 5.65. The number of aromatic nitrogens is 1. The first-order valence-electron chi connectivity index (χ1n) is 8.47. The summed E-state index contributed by atoms with van der Waals surface area (Å²) in [7, 11) is 2.09. The highest BCUT2D eigenvalue weighted by molar-refractivity contribution is 5.89. The summed E-state index contributed by atoms with van der Waals surface area (Å²) in [6.45, 7) is 4.06. The van der Waals surface area contributed by atoms with Crippen molar-refractivity contribution < 1.29 is 4.79 Å². The first-order chi connectivity index (χ1) is 11.1. The maximum Gasteiger partial charge on any atom is 0.243 e. The van der Waals surface area contributed by atoms with Gasteiger partial charge < -0.3 is 4.90 Å². The van der Waals surface area contributed by atoms with Gasteiger partial charge in [0.2, 0.25) is 5.91 Å². The zero-order valence-electron chi connectivity index (χ0n) is 13.5. The van der Waals surface area contributed by atoms with Crippen LogP contribution in [0.3, 0.4) is 0 Å². The Bertz CT molecular complexity index is 761. The highest BCUT2D eigenvalue weighted by Crippen LogP contribution is 2.60. The molecular weight excluding hydrogens is 288 g/mol. The standard InChI is InChI=1S/C18H20N4O/c1-10-8-22(17(23)18-3-11(4-18)9-21(18)2)16-13-7-20-6-12(5-19)15(13)14(10)16/h6-7,10-11,14,16H,3-4,8-9H2,1-2H3/t10-,11?,14?,16+,18?/m0/s1. The lowest BCUT2D eigenvalue weighted by molar-refractivity contribution is -0.146. The first kappa shape index (κ1) is 13.5. The number of nitrogens with zero attached hydrogens (tertiary/aromatic N) is 4. The number of hydrogen-bond acceptors (Lipinski definition) is 4. The van der Waals surface area contributed by atoms with Crippen molar-refractivity contribution in [3.05, 3.63) is 29.1 Å². The second-order valence-electron chi connectivity index (χ2n) is 7.89. The molecule has 4 heterocycles. The maximum atomic E-state index is 13.3. The Morgan fingerprint density at radius 1 is 1.39 bits per heavy atom. The van der Waals surface area contributed by atoms with Crippen molar-refractivity contribution in [1.82, 2.24) is 14.8 Å². The molecule has 5 nitrogen and oxygen atoms in total. The molecule has 1 aromatic rings. The van der Waals surface area contributed by atoms with Gasteiger partial charge in [0.05, 0.1) is 11.6 Å². The number of likely N-dealkylation sites (N-methyl/N-ethyl adjacent to an activating group) is 1. The minimum absolute atomic E-state index is 0.135. The Hall–Kier alpha value is -1.93. The summed E-state index contributed by atoms with van der Waals surface area (Å²) < 4.78 is 0. The molecule has 1 aromatic heterocycles. The maximum absolute atomic E-state index is 13.3. The van der Waals surface area contributed by atoms with E-state index in [2.05, 4.69) is 34.8 Å². The van der Waals surface area contributed by atoms with Crippen LogP contribution in [0.1, 0.15) is 48.4 Å². The van der Waals surface area contributed by atoms with Gasteiger partial charge in [-0.3, -0.25) is 14.7 Å². The third-order valence-electron chi connectivity index (χ3n) is 6.74. The van der Waals surface area contributed by atoms with Crippen LogP contribution in [-0.2, 0) is 4.79 Å². The second kappa shape index (κ2) is 4.12. The fourth-order valence-corrected chi connectivity index (χ4v) is 5.65. The van der Waals surface area contributed by atoms with Crippen LogP contribution in [0.15, 0.2) is 12.4 Å². The zero-order chi connectivity index (χ0) is 15.9. The molecule has 5 aliphatic rings. The molecule has 6 rings (SSSR count). The molecule has 0 N–H and O–H groups in total. The van der Waals surface area contributed by atoms with Crippen LogP contribution in [0.5, 0.6) is 0 Å². The molecule has 0 spiro atoms. The normalized spacial score (nSPS) is 40.0. The minimum Gasteiger partial charge on any atom is -0.333 e. The van der Waals surface area contributed by atoms with Gasteiger partial charge >= 0.3 is 0 Å². The highest BCUT2D eigenvalue weighted by Gasteiger charge is 2.63. The summed E-state index contributed by atoms with van der Waals surface area (Å²) in [5.41, 5.74) is 2.68. The molecule has 23 heavy (non-hydrogen) atoms. The number of carbonyl (C=O) groups excluding carboxylic acids is 1. The number of rotatable bonds is 1. The molecule has 1 unspecified atom stereocenters. The molecule has 1 saturated carbocycles. The van der Waals surface area contributed by atoms with Gasteiger partial charge in [-0.1, -0.05) is 6.92 Å². The molecule has 2 bridgehead atoms. The van der Waals surface area contributed by atoms with Crippen molar-refractivity contribution in [2.75, 3.05) is 20.1 Å². The third kappa shape index (κ3) is 1.41. The summed E-state index contributed by atoms with van der Waals surface area (Å²) in [4.78, 5) is 21.9. The lowest BCUT2D eigenvalue weighted by Crippen LogP contribution is -2.58. The van der Waals surface area contributed by atoms with Gasteiger partial charge in [0.1, 0.15) is 11.6 Å². The van der Waals surface area contributed by atoms with Gasteiger partial charge in [0, 0.05) is 31.4 Å². The Morgan fingerprint density at radius 2 is 2.17 bits per heavy atom.